The quantitative estimate of drug-likeness (QED) is 0.171. The number of carbonyl (C=O) groups excluding carboxylic acids is 8. The summed E-state index contributed by atoms with van der Waals surface area (Å²) in [5.41, 5.74) is -1.73. The molecule has 3 fully saturated rings. The molecule has 6 unspecified atom stereocenters. The van der Waals surface area contributed by atoms with Gasteiger partial charge in [-0.05, 0) is 81.6 Å². The monoisotopic (exact) mass is 797 g/mol. The molecule has 0 aliphatic carbocycles. The number of carbonyl (C=O) groups is 8. The summed E-state index contributed by atoms with van der Waals surface area (Å²) >= 11 is 0. The molecule has 0 aromatic heterocycles. The van der Waals surface area contributed by atoms with Gasteiger partial charge in [-0.1, -0.05) is 20.8 Å². The number of amides is 3. The van der Waals surface area contributed by atoms with Crippen LogP contribution in [0.3, 0.4) is 0 Å². The summed E-state index contributed by atoms with van der Waals surface area (Å²) in [5.74, 6) is -2.90. The molecule has 1 N–H and O–H groups in total. The SMILES string of the molecule is CCC(C(=O)OC(C)(C)C)N1CC(C(=O)OC)CC1=O.CCC(C(=O)OC(C)(C)C)N1CC(C=O)CC1=O.CCC(C(=O)OC(C)(C)C)N1CC(CO)CC1=O. The van der Waals surface area contributed by atoms with Crippen molar-refractivity contribution >= 4 is 47.9 Å². The Labute approximate surface area is 332 Å². The van der Waals surface area contributed by atoms with Gasteiger partial charge >= 0.3 is 23.9 Å². The molecule has 0 spiro atoms. The molecule has 0 radical (unpaired) electrons. The van der Waals surface area contributed by atoms with Crippen molar-refractivity contribution in [3.8, 4) is 0 Å². The number of ether oxygens (including phenoxy) is 4. The predicted molar refractivity (Wildman–Crippen MR) is 204 cm³/mol. The van der Waals surface area contributed by atoms with Crippen molar-refractivity contribution in [2.24, 2.45) is 17.8 Å². The topological polar surface area (TPSA) is 203 Å². The van der Waals surface area contributed by atoms with E-state index in [1.807, 2.05) is 20.8 Å². The molecule has 0 aromatic rings. The van der Waals surface area contributed by atoms with Gasteiger partial charge in [-0.25, -0.2) is 14.4 Å². The molecule has 16 nitrogen and oxygen atoms in total. The molecule has 3 heterocycles. The number of aldehydes is 1. The summed E-state index contributed by atoms with van der Waals surface area (Å²) < 4.78 is 20.6. The zero-order chi connectivity index (χ0) is 43.3. The van der Waals surface area contributed by atoms with Crippen molar-refractivity contribution in [2.45, 2.75) is 157 Å². The van der Waals surface area contributed by atoms with Gasteiger partial charge in [0.1, 0.15) is 41.2 Å². The Bertz CT molecular complexity index is 1390. The average molecular weight is 798 g/mol. The Morgan fingerprint density at radius 2 is 1.00 bits per heavy atom. The van der Waals surface area contributed by atoms with Gasteiger partial charge in [0.2, 0.25) is 17.7 Å². The van der Waals surface area contributed by atoms with Gasteiger partial charge in [0.05, 0.1) is 13.0 Å². The highest BCUT2D eigenvalue weighted by molar-refractivity contribution is 5.91. The lowest BCUT2D eigenvalue weighted by Crippen LogP contribution is -2.45. The highest BCUT2D eigenvalue weighted by Crippen LogP contribution is 2.26. The third-order valence-corrected chi connectivity index (χ3v) is 8.90. The first kappa shape index (κ1) is 49.9. The van der Waals surface area contributed by atoms with E-state index in [0.717, 1.165) is 6.29 Å². The summed E-state index contributed by atoms with van der Waals surface area (Å²) in [6.07, 6.45) is 2.85. The van der Waals surface area contributed by atoms with Gasteiger partial charge in [0, 0.05) is 57.3 Å². The molecule has 3 saturated heterocycles. The Kier molecular flexibility index (Phi) is 19.1. The Morgan fingerprint density at radius 1 is 0.643 bits per heavy atom. The standard InChI is InChI=1S/C14H23NO5.C13H23NO4.C13H21NO4/c1-6-10(13(18)20-14(2,3)4)15-8-9(7-11(15)16)12(17)19-5;2*1-5-10(12(17)18-13(2,3)4)14-7-9(8-15)6-11(14)16/h9-10H,6-8H2,1-5H3;9-10,15H,5-8H2,1-4H3;8-10H,5-7H2,1-4H3. The minimum atomic E-state index is -0.642. The summed E-state index contributed by atoms with van der Waals surface area (Å²) in [5, 5.41) is 9.09. The second kappa shape index (κ2) is 21.4. The van der Waals surface area contributed by atoms with E-state index in [1.54, 1.807) is 62.3 Å². The lowest BCUT2D eigenvalue weighted by molar-refractivity contribution is -0.164. The molecule has 6 atom stereocenters. The Balaban J connectivity index is 0.000000421. The van der Waals surface area contributed by atoms with Gasteiger partial charge < -0.3 is 43.5 Å². The maximum atomic E-state index is 12.1. The van der Waals surface area contributed by atoms with E-state index in [-0.39, 0.29) is 61.5 Å². The number of hydrogen-bond acceptors (Lipinski definition) is 13. The van der Waals surface area contributed by atoms with Crippen LogP contribution in [-0.4, -0.2) is 136 Å². The number of aliphatic hydroxyl groups excluding tert-OH is 1. The van der Waals surface area contributed by atoms with Crippen LogP contribution < -0.4 is 0 Å². The normalized spacial score (nSPS) is 21.6. The molecule has 3 amide bonds. The van der Waals surface area contributed by atoms with Crippen molar-refractivity contribution in [3.63, 3.8) is 0 Å². The number of nitrogens with zero attached hydrogens (tertiary/aromatic N) is 3. The highest BCUT2D eigenvalue weighted by Gasteiger charge is 2.42. The van der Waals surface area contributed by atoms with Crippen LogP contribution in [0.15, 0.2) is 0 Å². The summed E-state index contributed by atoms with van der Waals surface area (Å²) in [4.78, 5) is 98.4. The van der Waals surface area contributed by atoms with E-state index in [4.69, 9.17) is 19.3 Å². The minimum Gasteiger partial charge on any atom is -0.469 e. The number of rotatable bonds is 12. The third-order valence-electron chi connectivity index (χ3n) is 8.90. The largest absolute Gasteiger partial charge is 0.469 e. The van der Waals surface area contributed by atoms with Crippen LogP contribution >= 0.6 is 0 Å². The smallest absolute Gasteiger partial charge is 0.329 e. The first-order valence-electron chi connectivity index (χ1n) is 19.5. The van der Waals surface area contributed by atoms with E-state index in [2.05, 4.69) is 4.74 Å². The van der Waals surface area contributed by atoms with Gasteiger partial charge in [0.25, 0.3) is 0 Å². The van der Waals surface area contributed by atoms with Crippen LogP contribution in [0.25, 0.3) is 0 Å². The third kappa shape index (κ3) is 15.8. The lowest BCUT2D eigenvalue weighted by Gasteiger charge is -2.29. The molecule has 0 aromatic carbocycles. The molecule has 16 heteroatoms. The minimum absolute atomic E-state index is 0.0208. The molecule has 0 bridgehead atoms. The first-order valence-corrected chi connectivity index (χ1v) is 19.5. The van der Waals surface area contributed by atoms with Gasteiger partial charge in [-0.3, -0.25) is 19.2 Å². The number of methoxy groups -OCH3 is 1. The van der Waals surface area contributed by atoms with Crippen molar-refractivity contribution in [3.05, 3.63) is 0 Å². The zero-order valence-corrected chi connectivity index (χ0v) is 35.8. The summed E-state index contributed by atoms with van der Waals surface area (Å²) in [7, 11) is 1.29. The molecule has 56 heavy (non-hydrogen) atoms. The lowest BCUT2D eigenvalue weighted by atomic mass is 10.1. The van der Waals surface area contributed by atoms with Crippen molar-refractivity contribution < 1.29 is 62.4 Å². The fourth-order valence-corrected chi connectivity index (χ4v) is 6.39. The van der Waals surface area contributed by atoms with E-state index < -0.39 is 58.8 Å². The van der Waals surface area contributed by atoms with E-state index >= 15 is 0 Å². The van der Waals surface area contributed by atoms with Crippen LogP contribution in [-0.2, 0) is 57.3 Å². The second-order valence-corrected chi connectivity index (χ2v) is 17.3. The fourth-order valence-electron chi connectivity index (χ4n) is 6.39. The Morgan fingerprint density at radius 3 is 1.30 bits per heavy atom. The van der Waals surface area contributed by atoms with Gasteiger partial charge in [-0.15, -0.1) is 0 Å². The number of likely N-dealkylation sites (tertiary alicyclic amines) is 3. The molecular weight excluding hydrogens is 730 g/mol. The van der Waals surface area contributed by atoms with Gasteiger partial charge in [0.15, 0.2) is 0 Å². The molecular formula is C40H67N3O13. The van der Waals surface area contributed by atoms with Crippen LogP contribution in [0.1, 0.15) is 122 Å². The molecule has 320 valence electrons. The van der Waals surface area contributed by atoms with E-state index in [9.17, 15) is 38.4 Å². The fraction of sp³-hybridized carbons (Fsp3) is 0.800. The van der Waals surface area contributed by atoms with Crippen molar-refractivity contribution in [2.75, 3.05) is 33.4 Å². The maximum Gasteiger partial charge on any atom is 0.329 e. The maximum absolute atomic E-state index is 12.1. The van der Waals surface area contributed by atoms with E-state index in [1.165, 1.54) is 21.8 Å². The second-order valence-electron chi connectivity index (χ2n) is 17.3. The van der Waals surface area contributed by atoms with Crippen LogP contribution in [0.4, 0.5) is 0 Å². The van der Waals surface area contributed by atoms with Crippen molar-refractivity contribution in [1.29, 1.82) is 0 Å². The van der Waals surface area contributed by atoms with Crippen molar-refractivity contribution in [1.82, 2.24) is 14.7 Å². The van der Waals surface area contributed by atoms with Crippen LogP contribution in [0.5, 0.6) is 0 Å². The molecule has 3 aliphatic heterocycles. The van der Waals surface area contributed by atoms with Crippen LogP contribution in [0.2, 0.25) is 0 Å². The number of aliphatic hydroxyl groups is 1. The first-order chi connectivity index (χ1) is 25.8. The number of hydrogen-bond donors (Lipinski definition) is 1. The zero-order valence-electron chi connectivity index (χ0n) is 35.8. The predicted octanol–water partition coefficient (Wildman–Crippen LogP) is 3.23. The van der Waals surface area contributed by atoms with Gasteiger partial charge in [-0.2, -0.15) is 0 Å². The molecule has 0 saturated carbocycles. The number of esters is 4. The highest BCUT2D eigenvalue weighted by atomic mass is 16.6. The molecule has 3 aliphatic rings. The Hall–Kier alpha value is -4.08. The van der Waals surface area contributed by atoms with Crippen LogP contribution in [0, 0.1) is 17.8 Å². The summed E-state index contributed by atoms with van der Waals surface area (Å²) in [6, 6.07) is -1.76. The average Bonchev–Trinajstić information content (AvgIpc) is 3.76. The summed E-state index contributed by atoms with van der Waals surface area (Å²) in [6.45, 7) is 22.6. The van der Waals surface area contributed by atoms with E-state index in [0.29, 0.717) is 38.8 Å². The molecule has 3 rings (SSSR count).